The average molecular weight is 272 g/mol. The summed E-state index contributed by atoms with van der Waals surface area (Å²) in [5.74, 6) is 0.973. The van der Waals surface area contributed by atoms with Gasteiger partial charge in [0, 0.05) is 24.3 Å². The van der Waals surface area contributed by atoms with Gasteiger partial charge in [-0.05, 0) is 44.2 Å². The zero-order valence-electron chi connectivity index (χ0n) is 12.6. The van der Waals surface area contributed by atoms with E-state index in [4.69, 9.17) is 0 Å². The number of fused-ring (bicyclic) bond motifs is 1. The van der Waals surface area contributed by atoms with Gasteiger partial charge in [0.25, 0.3) is 0 Å². The molecule has 0 aromatic heterocycles. The minimum Gasteiger partial charge on any atom is -0.382 e. The number of carbonyl (C=O) groups is 1. The van der Waals surface area contributed by atoms with E-state index in [1.165, 1.54) is 5.56 Å². The van der Waals surface area contributed by atoms with Crippen LogP contribution in [-0.2, 0) is 4.79 Å². The first kappa shape index (κ1) is 13.5. The number of nitrogens with one attached hydrogen (secondary N) is 1. The molecule has 108 valence electrons. The van der Waals surface area contributed by atoms with Crippen LogP contribution in [0.25, 0.3) is 0 Å². The maximum Gasteiger partial charge on any atom is 0.230 e. The molecule has 1 saturated heterocycles. The molecule has 2 aliphatic rings. The molecule has 0 spiro atoms. The second-order valence-corrected chi connectivity index (χ2v) is 6.60. The molecule has 0 aliphatic carbocycles. The van der Waals surface area contributed by atoms with Crippen LogP contribution in [0.2, 0.25) is 0 Å². The molecular formula is C17H24N2O. The lowest BCUT2D eigenvalue weighted by atomic mass is 9.86. The van der Waals surface area contributed by atoms with Gasteiger partial charge in [0.05, 0.1) is 5.92 Å². The summed E-state index contributed by atoms with van der Waals surface area (Å²) in [6.45, 7) is 7.49. The van der Waals surface area contributed by atoms with E-state index in [2.05, 4.69) is 43.1 Å². The molecular weight excluding hydrogens is 248 g/mol. The number of anilines is 1. The largest absolute Gasteiger partial charge is 0.382 e. The smallest absolute Gasteiger partial charge is 0.230 e. The highest BCUT2D eigenvalue weighted by Crippen LogP contribution is 2.37. The molecule has 0 radical (unpaired) electrons. The van der Waals surface area contributed by atoms with Crippen molar-refractivity contribution in [2.24, 2.45) is 5.92 Å². The predicted octanol–water partition coefficient (Wildman–Crippen LogP) is 3.23. The second kappa shape index (κ2) is 5.12. The van der Waals surface area contributed by atoms with Crippen molar-refractivity contribution >= 4 is 11.6 Å². The highest BCUT2D eigenvalue weighted by Gasteiger charge is 2.37. The number of rotatable bonds is 1. The van der Waals surface area contributed by atoms with Gasteiger partial charge in [0.2, 0.25) is 5.91 Å². The van der Waals surface area contributed by atoms with Crippen molar-refractivity contribution in [3.8, 4) is 0 Å². The highest BCUT2D eigenvalue weighted by atomic mass is 16.2. The first-order valence-corrected chi connectivity index (χ1v) is 7.72. The van der Waals surface area contributed by atoms with Gasteiger partial charge in [0.15, 0.2) is 0 Å². The SMILES string of the molecule is CC1CC(C)N(C(=O)C2CC(C)Nc3ccccc32)C1. The molecule has 4 unspecified atom stereocenters. The van der Waals surface area contributed by atoms with Crippen LogP contribution < -0.4 is 5.32 Å². The number of carbonyl (C=O) groups excluding carboxylic acids is 1. The Bertz CT molecular complexity index is 513. The molecule has 20 heavy (non-hydrogen) atoms. The lowest BCUT2D eigenvalue weighted by Gasteiger charge is -2.34. The molecule has 3 nitrogen and oxygen atoms in total. The summed E-state index contributed by atoms with van der Waals surface area (Å²) in [6.07, 6.45) is 2.03. The van der Waals surface area contributed by atoms with Gasteiger partial charge in [-0.1, -0.05) is 25.1 Å². The third-order valence-corrected chi connectivity index (χ3v) is 4.69. The number of hydrogen-bond donors (Lipinski definition) is 1. The van der Waals surface area contributed by atoms with E-state index in [0.717, 1.165) is 25.1 Å². The van der Waals surface area contributed by atoms with E-state index in [-0.39, 0.29) is 5.92 Å². The standard InChI is InChI=1S/C17H24N2O/c1-11-8-13(3)19(10-11)17(20)15-9-12(2)18-16-7-5-4-6-14(15)16/h4-7,11-13,15,18H,8-10H2,1-3H3. The Morgan fingerprint density at radius 3 is 2.65 bits per heavy atom. The first-order chi connectivity index (χ1) is 9.56. The molecule has 1 aromatic rings. The van der Waals surface area contributed by atoms with Crippen LogP contribution in [0.1, 0.15) is 45.1 Å². The molecule has 1 N–H and O–H groups in total. The maximum atomic E-state index is 13.0. The topological polar surface area (TPSA) is 32.3 Å². The Labute approximate surface area is 121 Å². The third kappa shape index (κ3) is 2.30. The highest BCUT2D eigenvalue weighted by molar-refractivity contribution is 5.87. The molecule has 0 bridgehead atoms. The zero-order chi connectivity index (χ0) is 14.3. The molecule has 1 aromatic carbocycles. The van der Waals surface area contributed by atoms with Crippen LogP contribution in [0.15, 0.2) is 24.3 Å². The Morgan fingerprint density at radius 1 is 1.20 bits per heavy atom. The number of likely N-dealkylation sites (tertiary alicyclic amines) is 1. The Balaban J connectivity index is 1.88. The van der Waals surface area contributed by atoms with Crippen LogP contribution in [0.3, 0.4) is 0 Å². The van der Waals surface area contributed by atoms with E-state index in [9.17, 15) is 4.79 Å². The lowest BCUT2D eigenvalue weighted by molar-refractivity contribution is -0.133. The summed E-state index contributed by atoms with van der Waals surface area (Å²) >= 11 is 0. The number of para-hydroxylation sites is 1. The molecule has 1 fully saturated rings. The minimum atomic E-state index is 0.0233. The summed E-state index contributed by atoms with van der Waals surface area (Å²) in [4.78, 5) is 15.1. The van der Waals surface area contributed by atoms with Crippen molar-refractivity contribution in [3.63, 3.8) is 0 Å². The van der Waals surface area contributed by atoms with Crippen molar-refractivity contribution in [2.45, 2.75) is 51.6 Å². The molecule has 1 amide bonds. The van der Waals surface area contributed by atoms with Gasteiger partial charge in [-0.3, -0.25) is 4.79 Å². The van der Waals surface area contributed by atoms with E-state index in [1.54, 1.807) is 0 Å². The van der Waals surface area contributed by atoms with E-state index in [1.807, 2.05) is 12.1 Å². The average Bonchev–Trinajstić information content (AvgIpc) is 2.76. The van der Waals surface area contributed by atoms with E-state index in [0.29, 0.717) is 23.9 Å². The molecule has 2 heterocycles. The molecule has 4 atom stereocenters. The first-order valence-electron chi connectivity index (χ1n) is 7.72. The van der Waals surface area contributed by atoms with Gasteiger partial charge < -0.3 is 10.2 Å². The fourth-order valence-corrected chi connectivity index (χ4v) is 3.78. The van der Waals surface area contributed by atoms with Gasteiger partial charge in [-0.2, -0.15) is 0 Å². The predicted molar refractivity (Wildman–Crippen MR) is 81.8 cm³/mol. The number of nitrogens with zero attached hydrogens (tertiary/aromatic N) is 1. The van der Waals surface area contributed by atoms with E-state index < -0.39 is 0 Å². The quantitative estimate of drug-likeness (QED) is 0.851. The monoisotopic (exact) mass is 272 g/mol. The van der Waals surface area contributed by atoms with Crippen molar-refractivity contribution in [1.82, 2.24) is 4.90 Å². The Hall–Kier alpha value is -1.51. The summed E-state index contributed by atoms with van der Waals surface area (Å²) in [6, 6.07) is 8.99. The van der Waals surface area contributed by atoms with Crippen LogP contribution in [0.4, 0.5) is 5.69 Å². The van der Waals surface area contributed by atoms with Gasteiger partial charge in [0.1, 0.15) is 0 Å². The normalized spacial score (nSPS) is 32.6. The van der Waals surface area contributed by atoms with Crippen molar-refractivity contribution in [1.29, 1.82) is 0 Å². The fourth-order valence-electron chi connectivity index (χ4n) is 3.78. The van der Waals surface area contributed by atoms with Crippen molar-refractivity contribution < 1.29 is 4.79 Å². The van der Waals surface area contributed by atoms with Gasteiger partial charge >= 0.3 is 0 Å². The Morgan fingerprint density at radius 2 is 1.95 bits per heavy atom. The van der Waals surface area contributed by atoms with Crippen molar-refractivity contribution in [2.75, 3.05) is 11.9 Å². The molecule has 3 rings (SSSR count). The van der Waals surface area contributed by atoms with Gasteiger partial charge in [-0.25, -0.2) is 0 Å². The summed E-state index contributed by atoms with van der Waals surface area (Å²) in [5.41, 5.74) is 2.30. The van der Waals surface area contributed by atoms with Gasteiger partial charge in [-0.15, -0.1) is 0 Å². The Kier molecular flexibility index (Phi) is 3.45. The molecule has 0 saturated carbocycles. The summed E-state index contributed by atoms with van der Waals surface area (Å²) in [7, 11) is 0. The summed E-state index contributed by atoms with van der Waals surface area (Å²) < 4.78 is 0. The maximum absolute atomic E-state index is 13.0. The number of hydrogen-bond acceptors (Lipinski definition) is 2. The molecule has 3 heteroatoms. The number of benzene rings is 1. The third-order valence-electron chi connectivity index (χ3n) is 4.69. The zero-order valence-corrected chi connectivity index (χ0v) is 12.6. The summed E-state index contributed by atoms with van der Waals surface area (Å²) in [5, 5.41) is 3.48. The van der Waals surface area contributed by atoms with Crippen molar-refractivity contribution in [3.05, 3.63) is 29.8 Å². The lowest BCUT2D eigenvalue weighted by Crippen LogP contribution is -2.41. The second-order valence-electron chi connectivity index (χ2n) is 6.60. The van der Waals surface area contributed by atoms with Crippen LogP contribution in [0, 0.1) is 5.92 Å². The van der Waals surface area contributed by atoms with Crippen LogP contribution >= 0.6 is 0 Å². The fraction of sp³-hybridized carbons (Fsp3) is 0.588. The minimum absolute atomic E-state index is 0.0233. The van der Waals surface area contributed by atoms with Crippen LogP contribution in [-0.4, -0.2) is 29.4 Å². The molecule has 2 aliphatic heterocycles. The number of amides is 1. The van der Waals surface area contributed by atoms with E-state index >= 15 is 0 Å². The van der Waals surface area contributed by atoms with Crippen LogP contribution in [0.5, 0.6) is 0 Å².